The Morgan fingerprint density at radius 3 is 2.47 bits per heavy atom. The Labute approximate surface area is 115 Å². The lowest BCUT2D eigenvalue weighted by atomic mass is 10.1. The van der Waals surface area contributed by atoms with Crippen molar-refractivity contribution in [1.29, 1.82) is 0 Å². The number of hydrogen-bond acceptors (Lipinski definition) is 5. The van der Waals surface area contributed by atoms with Crippen LogP contribution in [0.5, 0.6) is 0 Å². The molecule has 2 heterocycles. The topological polar surface area (TPSA) is 65.1 Å². The molecular formula is C12H19NO5S. The number of amides is 1. The third kappa shape index (κ3) is 2.39. The van der Waals surface area contributed by atoms with Gasteiger partial charge >= 0.3 is 6.09 Å². The van der Waals surface area contributed by atoms with Crippen LogP contribution in [0.15, 0.2) is 0 Å². The van der Waals surface area contributed by atoms with E-state index in [-0.39, 0.29) is 6.04 Å². The first kappa shape index (κ1) is 13.3. The van der Waals surface area contributed by atoms with Crippen LogP contribution >= 0.6 is 0 Å². The summed E-state index contributed by atoms with van der Waals surface area (Å²) in [5.41, 5.74) is -0.600. The molecule has 3 aliphatic rings. The standard InChI is InChI=1S/C12H19NO5S/c1-12(2,3)18-11(14)13-9(6-17-19(13)15)10-7-4-16-5-8(7)10/h7-10H,4-6H2,1-3H3/t7-,8+,9?,10?,19?. The molecule has 0 aromatic heterocycles. The number of ether oxygens (including phenoxy) is 2. The highest BCUT2D eigenvalue weighted by Gasteiger charge is 2.61. The summed E-state index contributed by atoms with van der Waals surface area (Å²) in [7, 11) is 0. The number of carbonyl (C=O) groups is 1. The predicted octanol–water partition coefficient (Wildman–Crippen LogP) is 1.09. The second-order valence-corrected chi connectivity index (χ2v) is 7.38. The van der Waals surface area contributed by atoms with E-state index in [2.05, 4.69) is 0 Å². The molecule has 0 bridgehead atoms. The first-order chi connectivity index (χ1) is 8.88. The van der Waals surface area contributed by atoms with Crippen LogP contribution in [0, 0.1) is 17.8 Å². The van der Waals surface area contributed by atoms with Gasteiger partial charge in [-0.25, -0.2) is 9.00 Å². The largest absolute Gasteiger partial charge is 0.443 e. The van der Waals surface area contributed by atoms with Gasteiger partial charge in [0.1, 0.15) is 5.60 Å². The number of hydrogen-bond donors (Lipinski definition) is 0. The van der Waals surface area contributed by atoms with E-state index in [0.717, 1.165) is 13.2 Å². The quantitative estimate of drug-likeness (QED) is 0.723. The average Bonchev–Trinajstić information content (AvgIpc) is 2.68. The van der Waals surface area contributed by atoms with Gasteiger partial charge in [0.2, 0.25) is 0 Å². The van der Waals surface area contributed by atoms with Gasteiger partial charge in [0.05, 0.1) is 25.9 Å². The summed E-state index contributed by atoms with van der Waals surface area (Å²) < 4.78 is 28.9. The van der Waals surface area contributed by atoms with E-state index >= 15 is 0 Å². The molecule has 1 amide bonds. The molecule has 108 valence electrons. The van der Waals surface area contributed by atoms with Crippen LogP contribution in [-0.4, -0.2) is 46.1 Å². The summed E-state index contributed by atoms with van der Waals surface area (Å²) in [5, 5.41) is 0. The van der Waals surface area contributed by atoms with Crippen LogP contribution in [0.25, 0.3) is 0 Å². The van der Waals surface area contributed by atoms with Crippen molar-refractivity contribution < 1.29 is 22.7 Å². The van der Waals surface area contributed by atoms with E-state index in [4.69, 9.17) is 13.7 Å². The molecule has 1 saturated carbocycles. The fraction of sp³-hybridized carbons (Fsp3) is 0.917. The van der Waals surface area contributed by atoms with Crippen molar-refractivity contribution in [2.45, 2.75) is 32.4 Å². The van der Waals surface area contributed by atoms with Crippen LogP contribution in [-0.2, 0) is 24.9 Å². The Morgan fingerprint density at radius 1 is 1.26 bits per heavy atom. The second-order valence-electron chi connectivity index (χ2n) is 6.32. The fourth-order valence-electron chi connectivity index (χ4n) is 2.99. The summed E-state index contributed by atoms with van der Waals surface area (Å²) in [6.07, 6.45) is -0.556. The molecule has 5 atom stereocenters. The molecule has 0 spiro atoms. The van der Waals surface area contributed by atoms with Crippen molar-refractivity contribution in [2.75, 3.05) is 19.8 Å². The molecule has 0 aromatic carbocycles. The van der Waals surface area contributed by atoms with Crippen LogP contribution < -0.4 is 0 Å². The van der Waals surface area contributed by atoms with Gasteiger partial charge in [0, 0.05) is 0 Å². The van der Waals surface area contributed by atoms with Crippen molar-refractivity contribution >= 4 is 17.4 Å². The van der Waals surface area contributed by atoms with Crippen molar-refractivity contribution in [2.24, 2.45) is 17.8 Å². The van der Waals surface area contributed by atoms with Gasteiger partial charge in [0.25, 0.3) is 11.3 Å². The van der Waals surface area contributed by atoms with E-state index in [0.29, 0.717) is 24.4 Å². The maximum absolute atomic E-state index is 12.1. The first-order valence-corrected chi connectivity index (χ1v) is 7.57. The Kier molecular flexibility index (Phi) is 3.11. The monoisotopic (exact) mass is 289 g/mol. The van der Waals surface area contributed by atoms with Crippen molar-refractivity contribution in [3.05, 3.63) is 0 Å². The predicted molar refractivity (Wildman–Crippen MR) is 67.2 cm³/mol. The zero-order valence-corrected chi connectivity index (χ0v) is 12.1. The molecule has 0 N–H and O–H groups in total. The molecular weight excluding hydrogens is 270 g/mol. The molecule has 2 aliphatic heterocycles. The van der Waals surface area contributed by atoms with Gasteiger partial charge in [-0.05, 0) is 38.5 Å². The van der Waals surface area contributed by atoms with E-state index in [1.54, 1.807) is 20.8 Å². The second kappa shape index (κ2) is 4.43. The average molecular weight is 289 g/mol. The third-order valence-electron chi connectivity index (χ3n) is 3.84. The maximum atomic E-state index is 12.1. The zero-order chi connectivity index (χ0) is 13.8. The number of rotatable bonds is 1. The highest BCUT2D eigenvalue weighted by molar-refractivity contribution is 7.78. The molecule has 7 heteroatoms. The molecule has 1 aliphatic carbocycles. The van der Waals surface area contributed by atoms with Gasteiger partial charge < -0.3 is 9.47 Å². The van der Waals surface area contributed by atoms with E-state index in [1.807, 2.05) is 0 Å². The van der Waals surface area contributed by atoms with Crippen LogP contribution in [0.3, 0.4) is 0 Å². The molecule has 19 heavy (non-hydrogen) atoms. The summed E-state index contributed by atoms with van der Waals surface area (Å²) in [6, 6.07) is -0.144. The first-order valence-electron chi connectivity index (χ1n) is 6.53. The molecule has 3 fully saturated rings. The third-order valence-corrected chi connectivity index (χ3v) is 4.92. The molecule has 3 unspecified atom stereocenters. The normalized spacial score (nSPS) is 41.2. The fourth-order valence-corrected chi connectivity index (χ4v) is 3.94. The van der Waals surface area contributed by atoms with Crippen molar-refractivity contribution in [3.63, 3.8) is 0 Å². The minimum atomic E-state index is -1.73. The molecule has 2 saturated heterocycles. The zero-order valence-electron chi connectivity index (χ0n) is 11.3. The van der Waals surface area contributed by atoms with Crippen LogP contribution in [0.4, 0.5) is 4.79 Å². The van der Waals surface area contributed by atoms with Gasteiger partial charge in [0.15, 0.2) is 0 Å². The van der Waals surface area contributed by atoms with Gasteiger partial charge in [-0.15, -0.1) is 0 Å². The minimum absolute atomic E-state index is 0.144. The van der Waals surface area contributed by atoms with E-state index < -0.39 is 23.0 Å². The van der Waals surface area contributed by atoms with Crippen LogP contribution in [0.2, 0.25) is 0 Å². The van der Waals surface area contributed by atoms with Crippen molar-refractivity contribution in [3.8, 4) is 0 Å². The highest BCUT2D eigenvalue weighted by Crippen LogP contribution is 2.54. The number of carbonyl (C=O) groups excluding carboxylic acids is 1. The lowest BCUT2D eigenvalue weighted by Crippen LogP contribution is -2.42. The van der Waals surface area contributed by atoms with Gasteiger partial charge in [-0.1, -0.05) is 0 Å². The Morgan fingerprint density at radius 2 is 1.89 bits per heavy atom. The summed E-state index contributed by atoms with van der Waals surface area (Å²) >= 11 is -1.73. The molecule has 6 nitrogen and oxygen atoms in total. The highest BCUT2D eigenvalue weighted by atomic mass is 32.2. The Hall–Kier alpha value is -0.660. The van der Waals surface area contributed by atoms with Gasteiger partial charge in [-0.2, -0.15) is 4.31 Å². The van der Waals surface area contributed by atoms with Gasteiger partial charge in [-0.3, -0.25) is 4.18 Å². The number of fused-ring (bicyclic) bond motifs is 1. The Balaban J connectivity index is 1.71. The lowest BCUT2D eigenvalue weighted by Gasteiger charge is -2.26. The molecule has 3 rings (SSSR count). The summed E-state index contributed by atoms with van der Waals surface area (Å²) in [4.78, 5) is 12.1. The van der Waals surface area contributed by atoms with Crippen molar-refractivity contribution in [1.82, 2.24) is 4.31 Å². The smallest absolute Gasteiger partial charge is 0.424 e. The molecule has 0 radical (unpaired) electrons. The minimum Gasteiger partial charge on any atom is -0.443 e. The maximum Gasteiger partial charge on any atom is 0.424 e. The lowest BCUT2D eigenvalue weighted by molar-refractivity contribution is 0.0327. The van der Waals surface area contributed by atoms with Crippen LogP contribution in [0.1, 0.15) is 20.8 Å². The SMILES string of the molecule is CC(C)(C)OC(=O)N1C(C2[C@H]3COC[C@@H]23)COS1=O. The van der Waals surface area contributed by atoms with E-state index in [1.165, 1.54) is 4.31 Å². The number of nitrogens with zero attached hydrogens (tertiary/aromatic N) is 1. The Bertz CT molecular complexity index is 411. The van der Waals surface area contributed by atoms with E-state index in [9.17, 15) is 9.00 Å². The summed E-state index contributed by atoms with van der Waals surface area (Å²) in [5.74, 6) is 1.30. The molecule has 0 aromatic rings. The summed E-state index contributed by atoms with van der Waals surface area (Å²) in [6.45, 7) is 7.17.